The Hall–Kier alpha value is -7.04. The number of nitrogens with one attached hydrogen (secondary N) is 4. The van der Waals surface area contributed by atoms with E-state index in [1.807, 2.05) is 67.6 Å². The quantitative estimate of drug-likeness (QED) is 0.0384. The van der Waals surface area contributed by atoms with Crippen LogP contribution in [0.5, 0.6) is 0 Å². The zero-order chi connectivity index (χ0) is 51.5. The Labute approximate surface area is 430 Å². The number of hydrogen-bond acceptors (Lipinski definition) is 17. The normalized spacial score (nSPS) is 16.1. The standard InChI is InChI=1S/C54H64N10O10/c1-38-8-13-42(35-46(38)60-54-57-18-16-44(59-54)41-5-3-17-55-36-41)58-50(66)40-11-9-39(10-12-40)37-63-23-21-62(22-24-63)20-4-25-70-27-29-72-31-33-74-34-32-73-30-28-71-26-19-56-45-7-2-6-43-49(45)53(69)64(52(43)68)47-14-15-48(65)61-51(47)67/h2-3,5-13,16-18,35-36,47,56H,4,14-15,19-34,37H2,1H3,(H,58,66)(H,57,59,60)(H,61,65,67). The third-order valence-electron chi connectivity index (χ3n) is 12.7. The van der Waals surface area contributed by atoms with Gasteiger partial charge in [-0.05, 0) is 85.5 Å². The summed E-state index contributed by atoms with van der Waals surface area (Å²) in [5.41, 5.74) is 6.78. The van der Waals surface area contributed by atoms with E-state index in [1.165, 1.54) is 5.56 Å². The number of hydrogen-bond donors (Lipinski definition) is 4. The third-order valence-corrected chi connectivity index (χ3v) is 12.7. The molecule has 5 aromatic rings. The lowest BCUT2D eigenvalue weighted by atomic mass is 10.0. The Balaban J connectivity index is 0.596. The maximum Gasteiger partial charge on any atom is 0.264 e. The molecule has 0 saturated carbocycles. The third kappa shape index (κ3) is 15.0. The first-order valence-electron chi connectivity index (χ1n) is 25.1. The molecule has 3 aliphatic rings. The number of carbonyl (C=O) groups excluding carboxylic acids is 5. The first-order valence-corrected chi connectivity index (χ1v) is 25.1. The van der Waals surface area contributed by atoms with Crippen molar-refractivity contribution >= 4 is 52.5 Å². The number of piperidine rings is 1. The van der Waals surface area contributed by atoms with Crippen LogP contribution in [0.1, 0.15) is 61.5 Å². The second kappa shape index (κ2) is 27.3. The highest BCUT2D eigenvalue weighted by atomic mass is 16.6. The molecule has 3 aromatic carbocycles. The molecule has 5 heterocycles. The van der Waals surface area contributed by atoms with Crippen molar-refractivity contribution in [1.82, 2.24) is 35.0 Å². The fraction of sp³-hybridized carbons (Fsp3) is 0.407. The van der Waals surface area contributed by atoms with Gasteiger partial charge in [0.05, 0.1) is 76.3 Å². The first-order chi connectivity index (χ1) is 36.2. The number of nitrogens with zero attached hydrogens (tertiary/aromatic N) is 6. The molecule has 2 saturated heterocycles. The van der Waals surface area contributed by atoms with Crippen LogP contribution in [0, 0.1) is 6.92 Å². The molecule has 1 unspecified atom stereocenters. The lowest BCUT2D eigenvalue weighted by molar-refractivity contribution is -0.136. The van der Waals surface area contributed by atoms with Gasteiger partial charge in [0.2, 0.25) is 17.8 Å². The number of anilines is 4. The molecule has 3 aliphatic heterocycles. The van der Waals surface area contributed by atoms with Crippen LogP contribution in [-0.2, 0) is 39.8 Å². The molecule has 2 aromatic heterocycles. The predicted octanol–water partition coefficient (Wildman–Crippen LogP) is 4.95. The van der Waals surface area contributed by atoms with E-state index in [-0.39, 0.29) is 29.9 Å². The number of piperazine rings is 1. The summed E-state index contributed by atoms with van der Waals surface area (Å²) in [6.45, 7) is 12.8. The van der Waals surface area contributed by atoms with Crippen molar-refractivity contribution in [2.24, 2.45) is 0 Å². The Kier molecular flexibility index (Phi) is 19.7. The van der Waals surface area contributed by atoms with Crippen LogP contribution >= 0.6 is 0 Å². The molecule has 20 nitrogen and oxygen atoms in total. The summed E-state index contributed by atoms with van der Waals surface area (Å²) >= 11 is 0. The van der Waals surface area contributed by atoms with E-state index >= 15 is 0 Å². The van der Waals surface area contributed by atoms with Crippen LogP contribution in [-0.4, -0.2) is 171 Å². The van der Waals surface area contributed by atoms with Gasteiger partial charge in [0.25, 0.3) is 17.7 Å². The van der Waals surface area contributed by atoms with E-state index < -0.39 is 29.7 Å². The molecule has 74 heavy (non-hydrogen) atoms. The van der Waals surface area contributed by atoms with Crippen LogP contribution in [0.25, 0.3) is 11.3 Å². The van der Waals surface area contributed by atoms with Gasteiger partial charge in [-0.2, -0.15) is 0 Å². The number of fused-ring (bicyclic) bond motifs is 1. The van der Waals surface area contributed by atoms with E-state index in [9.17, 15) is 24.0 Å². The van der Waals surface area contributed by atoms with Crippen LogP contribution in [0.2, 0.25) is 0 Å². The molecule has 8 rings (SSSR count). The highest BCUT2D eigenvalue weighted by Crippen LogP contribution is 2.32. The maximum atomic E-state index is 13.2. The maximum absolute atomic E-state index is 13.2. The van der Waals surface area contributed by atoms with Crippen molar-refractivity contribution in [3.8, 4) is 11.3 Å². The van der Waals surface area contributed by atoms with E-state index in [0.29, 0.717) is 95.5 Å². The lowest BCUT2D eigenvalue weighted by Gasteiger charge is -2.34. The number of benzene rings is 3. The van der Waals surface area contributed by atoms with Gasteiger partial charge in [0, 0.05) is 106 Å². The molecule has 4 N–H and O–H groups in total. The Bertz CT molecular complexity index is 2690. The van der Waals surface area contributed by atoms with Crippen molar-refractivity contribution in [2.45, 2.75) is 38.8 Å². The van der Waals surface area contributed by atoms with Crippen molar-refractivity contribution in [3.63, 3.8) is 0 Å². The molecule has 0 radical (unpaired) electrons. The van der Waals surface area contributed by atoms with Gasteiger partial charge in [-0.25, -0.2) is 9.97 Å². The summed E-state index contributed by atoms with van der Waals surface area (Å²) in [5, 5.41) is 11.7. The van der Waals surface area contributed by atoms with Gasteiger partial charge < -0.3 is 44.5 Å². The van der Waals surface area contributed by atoms with E-state index in [1.54, 1.807) is 36.8 Å². The highest BCUT2D eigenvalue weighted by molar-refractivity contribution is 6.25. The SMILES string of the molecule is Cc1ccc(NC(=O)c2ccc(CN3CCN(CCCOCCOCCOCCOCCOCCNc4cccc5c4C(=O)N(C4CCC(=O)NC4=O)C5=O)CC3)cc2)cc1Nc1nccc(-c2cccnc2)n1. The summed E-state index contributed by atoms with van der Waals surface area (Å²) in [6.07, 6.45) is 6.31. The number of rotatable bonds is 28. The predicted molar refractivity (Wildman–Crippen MR) is 276 cm³/mol. The fourth-order valence-electron chi connectivity index (χ4n) is 8.73. The molecular weight excluding hydrogens is 949 g/mol. The Morgan fingerprint density at radius 2 is 1.43 bits per heavy atom. The van der Waals surface area contributed by atoms with Gasteiger partial charge in [0.1, 0.15) is 6.04 Å². The fourth-order valence-corrected chi connectivity index (χ4v) is 8.73. The number of ether oxygens (including phenoxy) is 5. The zero-order valence-corrected chi connectivity index (χ0v) is 41.7. The molecule has 1 atom stereocenters. The minimum absolute atomic E-state index is 0.0632. The lowest BCUT2D eigenvalue weighted by Crippen LogP contribution is -2.54. The molecular formula is C54H64N10O10. The summed E-state index contributed by atoms with van der Waals surface area (Å²) in [6, 6.07) is 23.1. The van der Waals surface area contributed by atoms with Crippen LogP contribution in [0.3, 0.4) is 0 Å². The summed E-state index contributed by atoms with van der Waals surface area (Å²) in [4.78, 5) is 82.5. The summed E-state index contributed by atoms with van der Waals surface area (Å²) in [5.74, 6) is -1.90. The number of pyridine rings is 1. The Morgan fingerprint density at radius 3 is 2.14 bits per heavy atom. The molecule has 0 bridgehead atoms. The minimum Gasteiger partial charge on any atom is -0.382 e. The summed E-state index contributed by atoms with van der Waals surface area (Å²) in [7, 11) is 0. The van der Waals surface area contributed by atoms with Crippen LogP contribution in [0.4, 0.5) is 23.0 Å². The number of aryl methyl sites for hydroxylation is 1. The molecule has 20 heteroatoms. The molecule has 5 amide bonds. The van der Waals surface area contributed by atoms with Crippen molar-refractivity contribution in [1.29, 1.82) is 0 Å². The summed E-state index contributed by atoms with van der Waals surface area (Å²) < 4.78 is 28.2. The smallest absolute Gasteiger partial charge is 0.264 e. The second-order valence-corrected chi connectivity index (χ2v) is 17.9. The van der Waals surface area contributed by atoms with Crippen LogP contribution in [0.15, 0.2) is 97.5 Å². The van der Waals surface area contributed by atoms with Crippen molar-refractivity contribution < 1.29 is 47.7 Å². The number of amides is 5. The topological polar surface area (TPSA) is 228 Å². The van der Waals surface area contributed by atoms with Crippen molar-refractivity contribution in [2.75, 3.05) is 121 Å². The van der Waals surface area contributed by atoms with E-state index in [0.717, 1.165) is 73.1 Å². The number of carbonyl (C=O) groups is 5. The van der Waals surface area contributed by atoms with E-state index in [4.69, 9.17) is 23.7 Å². The van der Waals surface area contributed by atoms with Crippen LogP contribution < -0.4 is 21.3 Å². The Morgan fingerprint density at radius 1 is 0.730 bits per heavy atom. The largest absolute Gasteiger partial charge is 0.382 e. The average molecular weight is 1010 g/mol. The first kappa shape index (κ1) is 53.3. The minimum atomic E-state index is -1.02. The molecule has 0 aliphatic carbocycles. The molecule has 0 spiro atoms. The van der Waals surface area contributed by atoms with Gasteiger partial charge in [0.15, 0.2) is 0 Å². The second-order valence-electron chi connectivity index (χ2n) is 17.9. The van der Waals surface area contributed by atoms with Gasteiger partial charge in [-0.3, -0.25) is 44.1 Å². The van der Waals surface area contributed by atoms with Gasteiger partial charge >= 0.3 is 0 Å². The van der Waals surface area contributed by atoms with Gasteiger partial charge in [-0.15, -0.1) is 0 Å². The number of imide groups is 2. The highest BCUT2D eigenvalue weighted by Gasteiger charge is 2.45. The number of aromatic nitrogens is 3. The van der Waals surface area contributed by atoms with Gasteiger partial charge in [-0.1, -0.05) is 24.3 Å². The molecule has 2 fully saturated rings. The zero-order valence-electron chi connectivity index (χ0n) is 41.7. The monoisotopic (exact) mass is 1010 g/mol. The van der Waals surface area contributed by atoms with Crippen molar-refractivity contribution in [3.05, 3.63) is 125 Å². The average Bonchev–Trinajstić information content (AvgIpc) is 3.67. The molecule has 390 valence electrons. The van der Waals surface area contributed by atoms with E-state index in [2.05, 4.69) is 46.0 Å².